The first-order valence-corrected chi connectivity index (χ1v) is 6.64. The van der Waals surface area contributed by atoms with E-state index in [-0.39, 0.29) is 11.5 Å². The molecule has 0 aliphatic rings. The molecule has 24 heavy (non-hydrogen) atoms. The van der Waals surface area contributed by atoms with Crippen LogP contribution in [0.4, 0.5) is 9.59 Å². The van der Waals surface area contributed by atoms with Gasteiger partial charge in [0.25, 0.3) is 0 Å². The molecule has 0 bridgehead atoms. The molecule has 0 radical (unpaired) electrons. The van der Waals surface area contributed by atoms with Crippen LogP contribution in [0.5, 0.6) is 11.5 Å². The molecule has 0 aliphatic heterocycles. The van der Waals surface area contributed by atoms with Gasteiger partial charge >= 0.3 is 24.6 Å². The van der Waals surface area contributed by atoms with E-state index in [0.717, 1.165) is 0 Å². The molecule has 0 spiro atoms. The Kier molecular flexibility index (Phi) is 5.73. The smallest absolute Gasteiger partial charge is 0.476 e. The van der Waals surface area contributed by atoms with Gasteiger partial charge in [0.1, 0.15) is 11.5 Å². The summed E-state index contributed by atoms with van der Waals surface area (Å²) in [7, 11) is 0. The minimum absolute atomic E-state index is 0.138. The van der Waals surface area contributed by atoms with Gasteiger partial charge in [0.15, 0.2) is 0 Å². The number of aliphatic carboxylic acids is 1. The molecule has 2 aromatic carbocycles. The highest BCUT2D eigenvalue weighted by molar-refractivity contribution is 5.77. The standard InChI is InChI=1S/C16H12O8/c17-13(18)14(23-15(19)21-11-7-3-1-4-8-11)24-16(20)22-12-9-5-2-6-10-12/h1-10,14H,(H,17,18). The first-order valence-electron chi connectivity index (χ1n) is 6.64. The molecule has 0 saturated carbocycles. The highest BCUT2D eigenvalue weighted by Gasteiger charge is 2.29. The van der Waals surface area contributed by atoms with Crippen molar-refractivity contribution >= 4 is 18.3 Å². The van der Waals surface area contributed by atoms with Crippen LogP contribution in [0.15, 0.2) is 60.7 Å². The maximum atomic E-state index is 11.5. The predicted molar refractivity (Wildman–Crippen MR) is 78.5 cm³/mol. The van der Waals surface area contributed by atoms with E-state index in [0.29, 0.717) is 0 Å². The normalized spacial score (nSPS) is 9.88. The lowest BCUT2D eigenvalue weighted by Gasteiger charge is -2.13. The maximum Gasteiger partial charge on any atom is 0.517 e. The Labute approximate surface area is 136 Å². The Bertz CT molecular complexity index is 643. The molecular formula is C16H12O8. The van der Waals surface area contributed by atoms with Crippen molar-refractivity contribution in [2.45, 2.75) is 6.29 Å². The van der Waals surface area contributed by atoms with Gasteiger partial charge in [0.05, 0.1) is 0 Å². The number of benzene rings is 2. The number of rotatable bonds is 5. The molecule has 0 unspecified atom stereocenters. The van der Waals surface area contributed by atoms with Gasteiger partial charge in [-0.25, -0.2) is 14.4 Å². The van der Waals surface area contributed by atoms with E-state index in [4.69, 9.17) is 14.6 Å². The van der Waals surface area contributed by atoms with Crippen LogP contribution >= 0.6 is 0 Å². The average Bonchev–Trinajstić information content (AvgIpc) is 2.56. The van der Waals surface area contributed by atoms with E-state index in [2.05, 4.69) is 9.47 Å². The molecule has 8 heteroatoms. The van der Waals surface area contributed by atoms with E-state index < -0.39 is 24.6 Å². The third-order valence-electron chi connectivity index (χ3n) is 2.50. The van der Waals surface area contributed by atoms with Crippen molar-refractivity contribution in [3.05, 3.63) is 60.7 Å². The van der Waals surface area contributed by atoms with Crippen molar-refractivity contribution in [2.75, 3.05) is 0 Å². The highest BCUT2D eigenvalue weighted by Crippen LogP contribution is 2.12. The second kappa shape index (κ2) is 8.18. The van der Waals surface area contributed by atoms with Crippen LogP contribution in [-0.2, 0) is 14.3 Å². The Hall–Kier alpha value is -3.55. The fraction of sp³-hybridized carbons (Fsp3) is 0.0625. The summed E-state index contributed by atoms with van der Waals surface area (Å²) >= 11 is 0. The van der Waals surface area contributed by atoms with Crippen molar-refractivity contribution in [3.63, 3.8) is 0 Å². The second-order valence-electron chi connectivity index (χ2n) is 4.24. The van der Waals surface area contributed by atoms with Gasteiger partial charge in [-0.1, -0.05) is 36.4 Å². The Balaban J connectivity index is 1.90. The summed E-state index contributed by atoms with van der Waals surface area (Å²) in [4.78, 5) is 34.1. The topological polar surface area (TPSA) is 108 Å². The molecule has 1 N–H and O–H groups in total. The molecule has 8 nitrogen and oxygen atoms in total. The van der Waals surface area contributed by atoms with Crippen molar-refractivity contribution in [1.29, 1.82) is 0 Å². The lowest BCUT2D eigenvalue weighted by Crippen LogP contribution is -2.34. The van der Waals surface area contributed by atoms with Crippen LogP contribution < -0.4 is 9.47 Å². The van der Waals surface area contributed by atoms with Gasteiger partial charge in [0, 0.05) is 0 Å². The minimum atomic E-state index is -2.21. The number of carbonyl (C=O) groups excluding carboxylic acids is 2. The number of carboxylic acids is 1. The van der Waals surface area contributed by atoms with Gasteiger partial charge in [0.2, 0.25) is 0 Å². The largest absolute Gasteiger partial charge is 0.517 e. The number of hydrogen-bond acceptors (Lipinski definition) is 7. The molecule has 0 heterocycles. The SMILES string of the molecule is O=C(Oc1ccccc1)OC(OC(=O)Oc1ccccc1)C(=O)O. The molecule has 0 atom stereocenters. The summed E-state index contributed by atoms with van der Waals surface area (Å²) < 4.78 is 18.4. The third kappa shape index (κ3) is 5.34. The zero-order valence-corrected chi connectivity index (χ0v) is 12.2. The fourth-order valence-electron chi connectivity index (χ4n) is 1.52. The lowest BCUT2D eigenvalue weighted by molar-refractivity contribution is -0.170. The molecule has 124 valence electrons. The highest BCUT2D eigenvalue weighted by atomic mass is 16.8. The zero-order chi connectivity index (χ0) is 17.4. The maximum absolute atomic E-state index is 11.5. The molecule has 0 amide bonds. The lowest BCUT2D eigenvalue weighted by atomic mass is 10.3. The molecule has 2 rings (SSSR count). The first-order chi connectivity index (χ1) is 11.5. The second-order valence-corrected chi connectivity index (χ2v) is 4.24. The summed E-state index contributed by atoms with van der Waals surface area (Å²) in [5, 5.41) is 8.94. The summed E-state index contributed by atoms with van der Waals surface area (Å²) in [5.74, 6) is -1.43. The summed E-state index contributed by atoms with van der Waals surface area (Å²) in [6.45, 7) is 0. The summed E-state index contributed by atoms with van der Waals surface area (Å²) in [5.41, 5.74) is 0. The van der Waals surface area contributed by atoms with Crippen LogP contribution in [0.1, 0.15) is 0 Å². The van der Waals surface area contributed by atoms with Crippen LogP contribution in [-0.4, -0.2) is 29.7 Å². The fourth-order valence-corrected chi connectivity index (χ4v) is 1.52. The van der Waals surface area contributed by atoms with Crippen molar-refractivity contribution in [2.24, 2.45) is 0 Å². The van der Waals surface area contributed by atoms with Gasteiger partial charge in [-0.15, -0.1) is 0 Å². The monoisotopic (exact) mass is 332 g/mol. The third-order valence-corrected chi connectivity index (χ3v) is 2.50. The first kappa shape index (κ1) is 16.8. The summed E-state index contributed by atoms with van der Waals surface area (Å²) in [6.07, 6.45) is -4.90. The summed E-state index contributed by atoms with van der Waals surface area (Å²) in [6, 6.07) is 15.6. The van der Waals surface area contributed by atoms with Crippen LogP contribution in [0.25, 0.3) is 0 Å². The van der Waals surface area contributed by atoms with E-state index in [1.807, 2.05) is 0 Å². The van der Waals surface area contributed by atoms with E-state index in [1.54, 1.807) is 36.4 Å². The number of carbonyl (C=O) groups is 3. The van der Waals surface area contributed by atoms with E-state index in [9.17, 15) is 14.4 Å². The number of hydrogen-bond donors (Lipinski definition) is 1. The number of carboxylic acid groups (broad SMARTS) is 1. The van der Waals surface area contributed by atoms with Crippen LogP contribution in [0.2, 0.25) is 0 Å². The Morgan fingerprint density at radius 2 is 1.08 bits per heavy atom. The molecular weight excluding hydrogens is 320 g/mol. The van der Waals surface area contributed by atoms with E-state index in [1.165, 1.54) is 24.3 Å². The Morgan fingerprint density at radius 3 is 1.42 bits per heavy atom. The number of para-hydroxylation sites is 2. The molecule has 0 aliphatic carbocycles. The average molecular weight is 332 g/mol. The van der Waals surface area contributed by atoms with Gasteiger partial charge in [-0.05, 0) is 24.3 Å². The van der Waals surface area contributed by atoms with Gasteiger partial charge < -0.3 is 24.1 Å². The van der Waals surface area contributed by atoms with Crippen molar-refractivity contribution in [3.8, 4) is 11.5 Å². The van der Waals surface area contributed by atoms with Gasteiger partial charge in [-0.3, -0.25) is 0 Å². The van der Waals surface area contributed by atoms with Crippen LogP contribution in [0, 0.1) is 0 Å². The predicted octanol–water partition coefficient (Wildman–Crippen LogP) is 2.83. The quantitative estimate of drug-likeness (QED) is 0.506. The molecule has 0 aromatic heterocycles. The molecule has 2 aromatic rings. The van der Waals surface area contributed by atoms with Crippen molar-refractivity contribution in [1.82, 2.24) is 0 Å². The minimum Gasteiger partial charge on any atom is -0.476 e. The molecule has 0 fully saturated rings. The van der Waals surface area contributed by atoms with Gasteiger partial charge in [-0.2, -0.15) is 0 Å². The van der Waals surface area contributed by atoms with Crippen LogP contribution in [0.3, 0.4) is 0 Å². The molecule has 0 saturated heterocycles. The van der Waals surface area contributed by atoms with Crippen molar-refractivity contribution < 1.29 is 38.4 Å². The number of ether oxygens (including phenoxy) is 4. The van der Waals surface area contributed by atoms with E-state index >= 15 is 0 Å². The Morgan fingerprint density at radius 1 is 0.708 bits per heavy atom. The zero-order valence-electron chi connectivity index (χ0n) is 12.2.